The van der Waals surface area contributed by atoms with Crippen molar-refractivity contribution in [2.45, 2.75) is 20.1 Å². The van der Waals surface area contributed by atoms with Crippen molar-refractivity contribution in [1.82, 2.24) is 14.7 Å². The zero-order chi connectivity index (χ0) is 17.0. The second-order valence-corrected chi connectivity index (χ2v) is 6.00. The summed E-state index contributed by atoms with van der Waals surface area (Å²) in [6, 6.07) is 9.62. The zero-order valence-electron chi connectivity index (χ0n) is 13.2. The summed E-state index contributed by atoms with van der Waals surface area (Å²) in [5.74, 6) is -0.469. The monoisotopic (exact) mass is 376 g/mol. The van der Waals surface area contributed by atoms with Crippen molar-refractivity contribution in [3.05, 3.63) is 51.3 Å². The van der Waals surface area contributed by atoms with Gasteiger partial charge in [0.25, 0.3) is 0 Å². The molecule has 0 aliphatic heterocycles. The second kappa shape index (κ2) is 7.40. The Morgan fingerprint density at radius 3 is 2.91 bits per heavy atom. The lowest BCUT2D eigenvalue weighted by atomic mass is 10.1. The molecule has 0 spiro atoms. The Bertz CT molecular complexity index is 764. The van der Waals surface area contributed by atoms with Crippen molar-refractivity contribution in [3.8, 4) is 6.07 Å². The molecule has 0 saturated carbocycles. The number of ether oxygens (including phenoxy) is 1. The summed E-state index contributed by atoms with van der Waals surface area (Å²) in [6.07, 6.45) is 0. The van der Waals surface area contributed by atoms with Crippen LogP contribution >= 0.6 is 15.9 Å². The molecule has 6 nitrogen and oxygen atoms in total. The molecule has 120 valence electrons. The Morgan fingerprint density at radius 2 is 2.26 bits per heavy atom. The molecular formula is C16H17BrN4O2. The standard InChI is InChI=1S/C16H17BrN4O2/c1-11-14(17)15(16(22)23-3)19-21(11)10-20(2)9-13-6-4-5-12(7-13)8-18/h4-7H,9-10H2,1-3H3. The summed E-state index contributed by atoms with van der Waals surface area (Å²) >= 11 is 3.38. The first-order valence-electron chi connectivity index (χ1n) is 6.95. The van der Waals surface area contributed by atoms with Gasteiger partial charge in [-0.25, -0.2) is 4.79 Å². The number of methoxy groups -OCH3 is 1. The molecule has 1 aromatic carbocycles. The van der Waals surface area contributed by atoms with Gasteiger partial charge in [0.05, 0.1) is 35.6 Å². The largest absolute Gasteiger partial charge is 0.464 e. The predicted octanol–water partition coefficient (Wildman–Crippen LogP) is 2.70. The van der Waals surface area contributed by atoms with E-state index in [1.54, 1.807) is 10.7 Å². The second-order valence-electron chi connectivity index (χ2n) is 5.21. The number of aromatic nitrogens is 2. The number of nitriles is 1. The average Bonchev–Trinajstić information content (AvgIpc) is 2.82. The van der Waals surface area contributed by atoms with E-state index in [0.29, 0.717) is 23.2 Å². The number of benzene rings is 1. The normalized spacial score (nSPS) is 10.6. The molecule has 1 heterocycles. The zero-order valence-corrected chi connectivity index (χ0v) is 14.8. The predicted molar refractivity (Wildman–Crippen MR) is 88.6 cm³/mol. The summed E-state index contributed by atoms with van der Waals surface area (Å²) < 4.78 is 7.11. The highest BCUT2D eigenvalue weighted by Gasteiger charge is 2.20. The van der Waals surface area contributed by atoms with Gasteiger partial charge in [0.1, 0.15) is 0 Å². The van der Waals surface area contributed by atoms with Crippen LogP contribution in [-0.4, -0.2) is 34.8 Å². The van der Waals surface area contributed by atoms with E-state index in [9.17, 15) is 4.79 Å². The molecule has 0 radical (unpaired) electrons. The van der Waals surface area contributed by atoms with Crippen LogP contribution in [0.2, 0.25) is 0 Å². The molecule has 0 amide bonds. The number of carbonyl (C=O) groups excluding carboxylic acids is 1. The van der Waals surface area contributed by atoms with Crippen LogP contribution in [0.15, 0.2) is 28.7 Å². The SMILES string of the molecule is COC(=O)c1nn(CN(C)Cc2cccc(C#N)c2)c(C)c1Br. The van der Waals surface area contributed by atoms with E-state index in [4.69, 9.17) is 10.00 Å². The number of hydrogen-bond donors (Lipinski definition) is 0. The van der Waals surface area contributed by atoms with Crippen LogP contribution in [0.4, 0.5) is 0 Å². The number of nitrogens with zero attached hydrogens (tertiary/aromatic N) is 4. The van der Waals surface area contributed by atoms with Crippen molar-refractivity contribution in [2.75, 3.05) is 14.2 Å². The van der Waals surface area contributed by atoms with Crippen molar-refractivity contribution in [3.63, 3.8) is 0 Å². The van der Waals surface area contributed by atoms with Gasteiger partial charge in [-0.15, -0.1) is 0 Å². The number of rotatable bonds is 5. The number of esters is 1. The number of carbonyl (C=O) groups is 1. The molecular weight excluding hydrogens is 360 g/mol. The Labute approximate surface area is 143 Å². The van der Waals surface area contributed by atoms with E-state index >= 15 is 0 Å². The van der Waals surface area contributed by atoms with Crippen molar-refractivity contribution in [2.24, 2.45) is 0 Å². The Hall–Kier alpha value is -2.17. The lowest BCUT2D eigenvalue weighted by Gasteiger charge is -2.17. The first-order valence-corrected chi connectivity index (χ1v) is 7.74. The van der Waals surface area contributed by atoms with Gasteiger partial charge in [0.2, 0.25) is 0 Å². The van der Waals surface area contributed by atoms with E-state index in [2.05, 4.69) is 27.1 Å². The lowest BCUT2D eigenvalue weighted by molar-refractivity contribution is 0.0591. The smallest absolute Gasteiger partial charge is 0.359 e. The fourth-order valence-corrected chi connectivity index (χ4v) is 2.66. The van der Waals surface area contributed by atoms with Gasteiger partial charge in [-0.3, -0.25) is 9.58 Å². The van der Waals surface area contributed by atoms with Gasteiger partial charge in [-0.05, 0) is 47.6 Å². The molecule has 0 bridgehead atoms. The Kier molecular flexibility index (Phi) is 5.53. The van der Waals surface area contributed by atoms with Crippen molar-refractivity contribution in [1.29, 1.82) is 5.26 Å². The third-order valence-corrected chi connectivity index (χ3v) is 4.35. The average molecular weight is 377 g/mol. The maximum atomic E-state index is 11.7. The van der Waals surface area contributed by atoms with Gasteiger partial charge >= 0.3 is 5.97 Å². The van der Waals surface area contributed by atoms with Gasteiger partial charge in [-0.1, -0.05) is 12.1 Å². The topological polar surface area (TPSA) is 71.2 Å². The third-order valence-electron chi connectivity index (χ3n) is 3.40. The van der Waals surface area contributed by atoms with Crippen LogP contribution in [0.25, 0.3) is 0 Å². The molecule has 0 saturated heterocycles. The highest BCUT2D eigenvalue weighted by molar-refractivity contribution is 9.10. The number of hydrogen-bond acceptors (Lipinski definition) is 5. The summed E-state index contributed by atoms with van der Waals surface area (Å²) in [4.78, 5) is 13.7. The minimum absolute atomic E-state index is 0.268. The third kappa shape index (κ3) is 3.97. The first kappa shape index (κ1) is 17.2. The molecule has 0 unspecified atom stereocenters. The van der Waals surface area contributed by atoms with E-state index in [0.717, 1.165) is 11.3 Å². The summed E-state index contributed by atoms with van der Waals surface area (Å²) in [5.41, 5.74) is 2.80. The molecule has 0 fully saturated rings. The summed E-state index contributed by atoms with van der Waals surface area (Å²) in [5, 5.41) is 13.2. The molecule has 2 aromatic rings. The quantitative estimate of drug-likeness (QED) is 0.750. The lowest BCUT2D eigenvalue weighted by Crippen LogP contribution is -2.23. The van der Waals surface area contributed by atoms with Crippen LogP contribution in [0.1, 0.15) is 27.3 Å². The van der Waals surface area contributed by atoms with E-state index < -0.39 is 5.97 Å². The minimum atomic E-state index is -0.469. The molecule has 0 aliphatic rings. The van der Waals surface area contributed by atoms with Gasteiger partial charge < -0.3 is 4.74 Å². The van der Waals surface area contributed by atoms with Crippen LogP contribution in [-0.2, 0) is 18.0 Å². The number of halogens is 1. The minimum Gasteiger partial charge on any atom is -0.464 e. The maximum Gasteiger partial charge on any atom is 0.359 e. The van der Waals surface area contributed by atoms with Gasteiger partial charge in [0, 0.05) is 6.54 Å². The molecule has 0 aliphatic carbocycles. The van der Waals surface area contributed by atoms with E-state index in [-0.39, 0.29) is 5.69 Å². The Morgan fingerprint density at radius 1 is 1.52 bits per heavy atom. The molecule has 0 atom stereocenters. The highest BCUT2D eigenvalue weighted by atomic mass is 79.9. The molecule has 1 aromatic heterocycles. The molecule has 7 heteroatoms. The van der Waals surface area contributed by atoms with Crippen LogP contribution in [0.3, 0.4) is 0 Å². The fraction of sp³-hybridized carbons (Fsp3) is 0.312. The van der Waals surface area contributed by atoms with Crippen molar-refractivity contribution < 1.29 is 9.53 Å². The van der Waals surface area contributed by atoms with E-state index in [1.165, 1.54) is 7.11 Å². The van der Waals surface area contributed by atoms with Crippen molar-refractivity contribution >= 4 is 21.9 Å². The summed E-state index contributed by atoms with van der Waals surface area (Å²) in [7, 11) is 3.28. The van der Waals surface area contributed by atoms with Gasteiger partial charge in [0.15, 0.2) is 5.69 Å². The maximum absolute atomic E-state index is 11.7. The summed E-state index contributed by atoms with van der Waals surface area (Å²) in [6.45, 7) is 3.06. The molecule has 2 rings (SSSR count). The van der Waals surface area contributed by atoms with E-state index in [1.807, 2.05) is 37.1 Å². The first-order chi connectivity index (χ1) is 11.0. The van der Waals surface area contributed by atoms with Crippen LogP contribution in [0.5, 0.6) is 0 Å². The van der Waals surface area contributed by atoms with Crippen LogP contribution in [0, 0.1) is 18.3 Å². The highest BCUT2D eigenvalue weighted by Crippen LogP contribution is 2.22. The van der Waals surface area contributed by atoms with Gasteiger partial charge in [-0.2, -0.15) is 10.4 Å². The fourth-order valence-electron chi connectivity index (χ4n) is 2.22. The van der Waals surface area contributed by atoms with Crippen LogP contribution < -0.4 is 0 Å². The molecule has 0 N–H and O–H groups in total. The Balaban J connectivity index is 2.12. The molecule has 23 heavy (non-hydrogen) atoms.